The molecule has 37 heavy (non-hydrogen) atoms. The van der Waals surface area contributed by atoms with Gasteiger partial charge in [-0.25, -0.2) is 0 Å². The summed E-state index contributed by atoms with van der Waals surface area (Å²) < 4.78 is 27.6. The van der Waals surface area contributed by atoms with Gasteiger partial charge >= 0.3 is 0 Å². The molecule has 3 saturated heterocycles. The van der Waals surface area contributed by atoms with Crippen LogP contribution in [0.5, 0.6) is 0 Å². The number of hydrogen-bond donors (Lipinski definition) is 10. The average molecular weight is 544 g/mol. The van der Waals surface area contributed by atoms with Crippen molar-refractivity contribution in [1.29, 1.82) is 0 Å². The molecule has 0 radical (unpaired) electrons. The maximum atomic E-state index is 11.6. The summed E-state index contributed by atoms with van der Waals surface area (Å²) >= 11 is 0. The molecule has 216 valence electrons. The third-order valence-electron chi connectivity index (χ3n) is 6.77. The van der Waals surface area contributed by atoms with Crippen LogP contribution in [-0.4, -0.2) is 164 Å². The SMILES string of the molecule is CC(=O)NC1C(O)[C@H](O[C@@H]2O[C@H](CO)[C@H](O)C(O[C@H]3O[C@H](CO)[C@H](O)C(O)C3O)C2O)[C@@H](CO)O[C@H]1C. The Bertz CT molecular complexity index is 745. The Kier molecular flexibility index (Phi) is 10.6. The molecule has 3 aliphatic heterocycles. The molecule has 0 aromatic carbocycles. The van der Waals surface area contributed by atoms with E-state index in [0.29, 0.717) is 0 Å². The fraction of sp³-hybridized carbons (Fsp3) is 0.952. The van der Waals surface area contributed by atoms with Gasteiger partial charge in [-0.2, -0.15) is 0 Å². The summed E-state index contributed by atoms with van der Waals surface area (Å²) in [6.07, 6.45) is -21.3. The van der Waals surface area contributed by atoms with Gasteiger partial charge in [0.05, 0.1) is 32.0 Å². The van der Waals surface area contributed by atoms with Crippen LogP contribution in [0.3, 0.4) is 0 Å². The molecule has 3 rings (SSSR count). The minimum atomic E-state index is -1.85. The normalized spacial score (nSPS) is 49.0. The van der Waals surface area contributed by atoms with Gasteiger partial charge in [0.15, 0.2) is 12.6 Å². The highest BCUT2D eigenvalue weighted by molar-refractivity contribution is 5.73. The number of rotatable bonds is 8. The third kappa shape index (κ3) is 6.39. The van der Waals surface area contributed by atoms with Crippen molar-refractivity contribution in [2.45, 2.75) is 106 Å². The first-order valence-corrected chi connectivity index (χ1v) is 11.9. The van der Waals surface area contributed by atoms with Gasteiger partial charge in [-0.3, -0.25) is 4.79 Å². The summed E-state index contributed by atoms with van der Waals surface area (Å²) in [7, 11) is 0. The van der Waals surface area contributed by atoms with E-state index in [1.54, 1.807) is 6.92 Å². The lowest BCUT2D eigenvalue weighted by molar-refractivity contribution is -0.371. The molecule has 10 N–H and O–H groups in total. The van der Waals surface area contributed by atoms with Crippen molar-refractivity contribution >= 4 is 5.91 Å². The second-order valence-corrected chi connectivity index (χ2v) is 9.38. The first-order chi connectivity index (χ1) is 17.4. The van der Waals surface area contributed by atoms with Gasteiger partial charge in [0.2, 0.25) is 5.91 Å². The zero-order valence-electron chi connectivity index (χ0n) is 20.3. The highest BCUT2D eigenvalue weighted by atomic mass is 16.7. The van der Waals surface area contributed by atoms with E-state index in [4.69, 9.17) is 23.7 Å². The molecule has 16 heteroatoms. The van der Waals surface area contributed by atoms with Crippen LogP contribution in [0.25, 0.3) is 0 Å². The Morgan fingerprint density at radius 1 is 0.676 bits per heavy atom. The van der Waals surface area contributed by atoms with Crippen LogP contribution in [0.15, 0.2) is 0 Å². The largest absolute Gasteiger partial charge is 0.394 e. The van der Waals surface area contributed by atoms with Crippen molar-refractivity contribution in [3.05, 3.63) is 0 Å². The first-order valence-electron chi connectivity index (χ1n) is 11.9. The molecule has 3 aliphatic rings. The smallest absolute Gasteiger partial charge is 0.217 e. The number of ether oxygens (including phenoxy) is 5. The monoisotopic (exact) mass is 543 g/mol. The molecule has 3 fully saturated rings. The Morgan fingerprint density at radius 3 is 1.73 bits per heavy atom. The molecule has 0 spiro atoms. The topological polar surface area (TPSA) is 257 Å². The number of carbonyl (C=O) groups is 1. The van der Waals surface area contributed by atoms with Gasteiger partial charge in [-0.1, -0.05) is 0 Å². The molecule has 0 aliphatic carbocycles. The fourth-order valence-electron chi connectivity index (χ4n) is 4.71. The van der Waals surface area contributed by atoms with Crippen molar-refractivity contribution in [3.63, 3.8) is 0 Å². The predicted octanol–water partition coefficient (Wildman–Crippen LogP) is -6.36. The van der Waals surface area contributed by atoms with E-state index in [1.165, 1.54) is 6.92 Å². The summed E-state index contributed by atoms with van der Waals surface area (Å²) in [5.74, 6) is -0.467. The minimum absolute atomic E-state index is 0.467. The lowest BCUT2D eigenvalue weighted by Gasteiger charge is -2.48. The fourth-order valence-corrected chi connectivity index (χ4v) is 4.71. The van der Waals surface area contributed by atoms with E-state index in [9.17, 15) is 50.8 Å². The lowest BCUT2D eigenvalue weighted by Crippen LogP contribution is -2.67. The molecule has 0 aromatic rings. The van der Waals surface area contributed by atoms with E-state index in [-0.39, 0.29) is 0 Å². The number of aliphatic hydroxyl groups is 9. The Balaban J connectivity index is 1.80. The maximum Gasteiger partial charge on any atom is 0.217 e. The lowest BCUT2D eigenvalue weighted by atomic mass is 9.92. The number of nitrogens with one attached hydrogen (secondary N) is 1. The van der Waals surface area contributed by atoms with E-state index < -0.39 is 118 Å². The third-order valence-corrected chi connectivity index (χ3v) is 6.77. The van der Waals surface area contributed by atoms with Crippen LogP contribution in [0.2, 0.25) is 0 Å². The molecule has 1 amide bonds. The van der Waals surface area contributed by atoms with Crippen molar-refractivity contribution in [1.82, 2.24) is 5.32 Å². The molecule has 15 atom stereocenters. The summed E-state index contributed by atoms with van der Waals surface area (Å²) in [5.41, 5.74) is 0. The highest BCUT2D eigenvalue weighted by Crippen LogP contribution is 2.32. The van der Waals surface area contributed by atoms with E-state index >= 15 is 0 Å². The van der Waals surface area contributed by atoms with Crippen LogP contribution in [-0.2, 0) is 28.5 Å². The van der Waals surface area contributed by atoms with Gasteiger partial charge in [0, 0.05) is 6.92 Å². The molecule has 3 heterocycles. The number of aliphatic hydroxyl groups excluding tert-OH is 9. The summed E-state index contributed by atoms with van der Waals surface area (Å²) in [4.78, 5) is 11.6. The zero-order valence-corrected chi connectivity index (χ0v) is 20.3. The highest BCUT2D eigenvalue weighted by Gasteiger charge is 2.53. The molecule has 0 bridgehead atoms. The zero-order chi connectivity index (χ0) is 27.6. The Morgan fingerprint density at radius 2 is 1.19 bits per heavy atom. The molecular weight excluding hydrogens is 506 g/mol. The number of amides is 1. The number of hydrogen-bond acceptors (Lipinski definition) is 15. The van der Waals surface area contributed by atoms with Crippen molar-refractivity contribution < 1.29 is 74.4 Å². The first kappa shape index (κ1) is 30.5. The van der Waals surface area contributed by atoms with E-state index in [2.05, 4.69) is 5.32 Å². The molecule has 6 unspecified atom stereocenters. The second-order valence-electron chi connectivity index (χ2n) is 9.38. The van der Waals surface area contributed by atoms with Crippen LogP contribution >= 0.6 is 0 Å². The van der Waals surface area contributed by atoms with E-state index in [1.807, 2.05) is 0 Å². The molecular formula is C21H37NO15. The van der Waals surface area contributed by atoms with Gasteiger partial charge in [-0.15, -0.1) is 0 Å². The standard InChI is InChI=1S/C21H37NO15/c1-6-11(22-7(2)26)14(29)18(10(5-25)33-6)36-21-17(32)19(13(28)9(4-24)35-21)37-20-16(31)15(30)12(27)8(3-23)34-20/h6,8-21,23-25,27-32H,3-5H2,1-2H3,(H,22,26)/t6-,8+,9+,10+,11?,12-,13-,14?,15?,16?,17?,18+,19?,20+,21-/m0/s1. The van der Waals surface area contributed by atoms with Gasteiger partial charge in [-0.05, 0) is 6.92 Å². The molecule has 16 nitrogen and oxygen atoms in total. The quantitative estimate of drug-likeness (QED) is 0.137. The Labute approximate surface area is 211 Å². The molecule has 0 aromatic heterocycles. The van der Waals surface area contributed by atoms with E-state index in [0.717, 1.165) is 0 Å². The van der Waals surface area contributed by atoms with Crippen LogP contribution in [0.4, 0.5) is 0 Å². The average Bonchev–Trinajstić information content (AvgIpc) is 2.86. The maximum absolute atomic E-state index is 11.6. The predicted molar refractivity (Wildman–Crippen MR) is 116 cm³/mol. The van der Waals surface area contributed by atoms with Crippen molar-refractivity contribution in [2.75, 3.05) is 19.8 Å². The number of carbonyl (C=O) groups excluding carboxylic acids is 1. The van der Waals surface area contributed by atoms with Gasteiger partial charge in [0.25, 0.3) is 0 Å². The molecule has 0 saturated carbocycles. The summed E-state index contributed by atoms with van der Waals surface area (Å²) in [6, 6.07) is -0.952. The van der Waals surface area contributed by atoms with Gasteiger partial charge in [0.1, 0.15) is 67.1 Å². The van der Waals surface area contributed by atoms with Crippen LogP contribution in [0, 0.1) is 0 Å². The second kappa shape index (κ2) is 12.8. The van der Waals surface area contributed by atoms with Crippen molar-refractivity contribution in [2.24, 2.45) is 0 Å². The van der Waals surface area contributed by atoms with Gasteiger partial charge < -0.3 is 75.0 Å². The summed E-state index contributed by atoms with van der Waals surface area (Å²) in [5, 5.41) is 94.1. The van der Waals surface area contributed by atoms with Crippen LogP contribution in [0.1, 0.15) is 13.8 Å². The Hall–Kier alpha value is -1.09. The minimum Gasteiger partial charge on any atom is -0.394 e. The summed E-state index contributed by atoms with van der Waals surface area (Å²) in [6.45, 7) is 0.664. The van der Waals surface area contributed by atoms with Crippen molar-refractivity contribution in [3.8, 4) is 0 Å². The van der Waals surface area contributed by atoms with Crippen LogP contribution < -0.4 is 5.32 Å².